The molecule has 3 N–H and O–H groups in total. The second-order valence-electron chi connectivity index (χ2n) is 15.1. The van der Waals surface area contributed by atoms with Crippen molar-refractivity contribution >= 4 is 23.9 Å². The van der Waals surface area contributed by atoms with Crippen LogP contribution in [0.25, 0.3) is 0 Å². The number of hydrogen-bond donors (Lipinski definition) is 3. The summed E-state index contributed by atoms with van der Waals surface area (Å²) in [6.07, 6.45) is 38.7. The molecule has 0 aromatic carbocycles. The molecule has 8 heteroatoms. The van der Waals surface area contributed by atoms with Gasteiger partial charge in [0.25, 0.3) is 0 Å². The Hall–Kier alpha value is -2.12. The van der Waals surface area contributed by atoms with Crippen LogP contribution in [0, 0.1) is 5.92 Å². The zero-order valence-electron chi connectivity index (χ0n) is 34.1. The van der Waals surface area contributed by atoms with Gasteiger partial charge in [0.2, 0.25) is 0 Å². The summed E-state index contributed by atoms with van der Waals surface area (Å²) in [4.78, 5) is 43.8. The fourth-order valence-electron chi connectivity index (χ4n) is 6.57. The van der Waals surface area contributed by atoms with E-state index in [2.05, 4.69) is 13.8 Å². The predicted molar refractivity (Wildman–Crippen MR) is 215 cm³/mol. The van der Waals surface area contributed by atoms with Crippen molar-refractivity contribution in [2.45, 2.75) is 245 Å². The smallest absolute Gasteiger partial charge is 0.306 e. The van der Waals surface area contributed by atoms with Crippen LogP contribution in [-0.2, 0) is 23.9 Å². The van der Waals surface area contributed by atoms with E-state index >= 15 is 0 Å². The van der Waals surface area contributed by atoms with Crippen molar-refractivity contribution in [1.29, 1.82) is 0 Å². The van der Waals surface area contributed by atoms with Crippen molar-refractivity contribution in [2.24, 2.45) is 5.92 Å². The normalized spacial score (nSPS) is 11.5. The van der Waals surface area contributed by atoms with Gasteiger partial charge in [-0.15, -0.1) is 0 Å². The van der Waals surface area contributed by atoms with Crippen molar-refractivity contribution in [2.75, 3.05) is 6.61 Å². The van der Waals surface area contributed by atoms with Crippen LogP contribution < -0.4 is 0 Å². The minimum Gasteiger partial charge on any atom is -0.481 e. The highest BCUT2D eigenvalue weighted by Crippen LogP contribution is 2.20. The van der Waals surface area contributed by atoms with Gasteiger partial charge in [-0.1, -0.05) is 187 Å². The van der Waals surface area contributed by atoms with Crippen LogP contribution in [0.2, 0.25) is 0 Å². The molecule has 0 saturated heterocycles. The zero-order valence-corrected chi connectivity index (χ0v) is 34.1. The van der Waals surface area contributed by atoms with Gasteiger partial charge in [-0.25, -0.2) is 0 Å². The van der Waals surface area contributed by atoms with Crippen LogP contribution in [0.1, 0.15) is 245 Å². The lowest BCUT2D eigenvalue weighted by Gasteiger charge is -2.12. The van der Waals surface area contributed by atoms with Crippen LogP contribution in [0.4, 0.5) is 0 Å². The monoisotopic (exact) mass is 741 g/mol. The summed E-state index contributed by atoms with van der Waals surface area (Å²) in [6, 6.07) is 0. The molecule has 0 radical (unpaired) electrons. The lowest BCUT2D eigenvalue weighted by Crippen LogP contribution is -2.13. The molecule has 1 atom stereocenters. The summed E-state index contributed by atoms with van der Waals surface area (Å²) in [5, 5.41) is 26.5. The number of carbonyl (C=O) groups is 4. The first-order valence-corrected chi connectivity index (χ1v) is 22.1. The molecule has 0 aliphatic heterocycles. The van der Waals surface area contributed by atoms with Gasteiger partial charge in [-0.05, 0) is 38.5 Å². The summed E-state index contributed by atoms with van der Waals surface area (Å²) in [6.45, 7) is 5.07. The third kappa shape index (κ3) is 45.9. The van der Waals surface area contributed by atoms with Gasteiger partial charge >= 0.3 is 23.9 Å². The number of aliphatic carboxylic acids is 3. The molecule has 0 fully saturated rings. The van der Waals surface area contributed by atoms with E-state index in [9.17, 15) is 24.3 Å². The third-order valence-corrected chi connectivity index (χ3v) is 9.98. The maximum atomic E-state index is 11.6. The Morgan fingerprint density at radius 1 is 0.385 bits per heavy atom. The minimum atomic E-state index is -0.729. The molecular formula is C44H84O8. The number of carbonyl (C=O) groups excluding carboxylic acids is 1. The molecule has 0 aromatic heterocycles. The zero-order chi connectivity index (χ0) is 38.8. The Labute approximate surface area is 320 Å². The van der Waals surface area contributed by atoms with E-state index in [1.807, 2.05) is 0 Å². The van der Waals surface area contributed by atoms with Crippen LogP contribution in [-0.4, -0.2) is 45.8 Å². The molecule has 0 amide bonds. The quantitative estimate of drug-likeness (QED) is 0.0417. The molecule has 8 nitrogen and oxygen atoms in total. The van der Waals surface area contributed by atoms with Gasteiger partial charge in [-0.3, -0.25) is 19.2 Å². The number of unbranched alkanes of at least 4 members (excludes halogenated alkanes) is 27. The Balaban J connectivity index is 0. The Morgan fingerprint density at radius 2 is 0.673 bits per heavy atom. The standard InChI is InChI=1S/2C22H42O4/c1-2-3-4-5-6-7-8-11-14-17-20-26-22(25)19-16-13-10-9-12-15-18-21(23)24;1-2-3-4-5-6-7-8-9-11-14-17-20(22(25)26)18-15-12-10-13-16-19-21(23)24/h2-20H2,1H3,(H,23,24);20H,2-19H2,1H3,(H,23,24)(H,25,26). The van der Waals surface area contributed by atoms with E-state index in [0.717, 1.165) is 103 Å². The summed E-state index contributed by atoms with van der Waals surface area (Å²) >= 11 is 0. The molecule has 0 rings (SSSR count). The van der Waals surface area contributed by atoms with Crippen LogP contribution in [0.5, 0.6) is 0 Å². The molecule has 0 aliphatic rings. The molecule has 0 aliphatic carbocycles. The minimum absolute atomic E-state index is 0.0631. The molecule has 0 heterocycles. The average Bonchev–Trinajstić information content (AvgIpc) is 3.11. The topological polar surface area (TPSA) is 138 Å². The summed E-state index contributed by atoms with van der Waals surface area (Å²) in [5.41, 5.74) is 0. The highest BCUT2D eigenvalue weighted by molar-refractivity contribution is 5.70. The van der Waals surface area contributed by atoms with Gasteiger partial charge in [0.05, 0.1) is 12.5 Å². The van der Waals surface area contributed by atoms with Crippen LogP contribution >= 0.6 is 0 Å². The van der Waals surface area contributed by atoms with E-state index in [-0.39, 0.29) is 24.7 Å². The van der Waals surface area contributed by atoms with E-state index in [4.69, 9.17) is 14.9 Å². The van der Waals surface area contributed by atoms with Gasteiger partial charge < -0.3 is 20.1 Å². The molecule has 0 saturated carbocycles. The number of rotatable bonds is 40. The second kappa shape index (κ2) is 43.3. The number of carboxylic acid groups (broad SMARTS) is 3. The molecule has 308 valence electrons. The largest absolute Gasteiger partial charge is 0.481 e. The summed E-state index contributed by atoms with van der Waals surface area (Å²) < 4.78 is 5.28. The Bertz CT molecular complexity index is 797. The molecule has 0 aromatic rings. The van der Waals surface area contributed by atoms with E-state index in [0.29, 0.717) is 13.0 Å². The van der Waals surface area contributed by atoms with Gasteiger partial charge in [0, 0.05) is 19.3 Å². The Kier molecular flexibility index (Phi) is 43.3. The van der Waals surface area contributed by atoms with Crippen LogP contribution in [0.15, 0.2) is 0 Å². The van der Waals surface area contributed by atoms with E-state index in [1.54, 1.807) is 0 Å². The highest BCUT2D eigenvalue weighted by Gasteiger charge is 2.16. The van der Waals surface area contributed by atoms with Crippen molar-refractivity contribution in [1.82, 2.24) is 0 Å². The predicted octanol–water partition coefficient (Wildman–Crippen LogP) is 13.5. The van der Waals surface area contributed by atoms with Gasteiger partial charge in [0.1, 0.15) is 0 Å². The van der Waals surface area contributed by atoms with Crippen molar-refractivity contribution in [3.05, 3.63) is 0 Å². The number of esters is 1. The van der Waals surface area contributed by atoms with Crippen molar-refractivity contribution < 1.29 is 39.2 Å². The number of ether oxygens (including phenoxy) is 1. The maximum absolute atomic E-state index is 11.6. The van der Waals surface area contributed by atoms with Gasteiger partial charge in [0.15, 0.2) is 0 Å². The van der Waals surface area contributed by atoms with Crippen LogP contribution in [0.3, 0.4) is 0 Å². The fraction of sp³-hybridized carbons (Fsp3) is 0.909. The number of carboxylic acids is 3. The molecular weight excluding hydrogens is 656 g/mol. The SMILES string of the molecule is CCCCCCCCCCCCC(CCCCCCCC(=O)O)C(=O)O.CCCCCCCCCCCCOC(=O)CCCCCCCCC(=O)O. The maximum Gasteiger partial charge on any atom is 0.306 e. The fourth-order valence-corrected chi connectivity index (χ4v) is 6.57. The second-order valence-corrected chi connectivity index (χ2v) is 15.1. The third-order valence-electron chi connectivity index (χ3n) is 9.98. The highest BCUT2D eigenvalue weighted by atomic mass is 16.5. The first-order chi connectivity index (χ1) is 25.2. The van der Waals surface area contributed by atoms with Crippen molar-refractivity contribution in [3.8, 4) is 0 Å². The van der Waals surface area contributed by atoms with E-state index in [1.165, 1.54) is 109 Å². The summed E-state index contributed by atoms with van der Waals surface area (Å²) in [5.74, 6) is -2.34. The molecule has 1 unspecified atom stereocenters. The lowest BCUT2D eigenvalue weighted by molar-refractivity contribution is -0.144. The average molecular weight is 741 g/mol. The molecule has 0 spiro atoms. The number of hydrogen-bond acceptors (Lipinski definition) is 5. The van der Waals surface area contributed by atoms with Crippen molar-refractivity contribution in [3.63, 3.8) is 0 Å². The Morgan fingerprint density at radius 3 is 1.00 bits per heavy atom. The lowest BCUT2D eigenvalue weighted by atomic mass is 9.94. The van der Waals surface area contributed by atoms with Gasteiger partial charge in [-0.2, -0.15) is 0 Å². The molecule has 0 bridgehead atoms. The summed E-state index contributed by atoms with van der Waals surface area (Å²) in [7, 11) is 0. The first kappa shape index (κ1) is 52.0. The molecule has 52 heavy (non-hydrogen) atoms. The van der Waals surface area contributed by atoms with E-state index < -0.39 is 17.9 Å². The first-order valence-electron chi connectivity index (χ1n) is 22.1.